The van der Waals surface area contributed by atoms with Gasteiger partial charge >= 0.3 is 6.03 Å². The second-order valence-electron chi connectivity index (χ2n) is 7.76. The summed E-state index contributed by atoms with van der Waals surface area (Å²) < 4.78 is 32.7. The van der Waals surface area contributed by atoms with Crippen molar-refractivity contribution in [3.63, 3.8) is 0 Å². The number of amides is 2. The van der Waals surface area contributed by atoms with Gasteiger partial charge in [-0.1, -0.05) is 11.3 Å². The minimum atomic E-state index is -3.60. The molecular weight excluding hydrogens is 438 g/mol. The van der Waals surface area contributed by atoms with Gasteiger partial charge < -0.3 is 15.0 Å². The highest BCUT2D eigenvalue weighted by Gasteiger charge is 2.37. The average molecular weight is 466 g/mol. The van der Waals surface area contributed by atoms with Gasteiger partial charge in [-0.05, 0) is 44.0 Å². The van der Waals surface area contributed by atoms with Gasteiger partial charge in [0.15, 0.2) is 9.34 Å². The van der Waals surface area contributed by atoms with Gasteiger partial charge in [0.2, 0.25) is 0 Å². The van der Waals surface area contributed by atoms with Crippen molar-refractivity contribution in [1.29, 1.82) is 0 Å². The Morgan fingerprint density at radius 3 is 2.45 bits per heavy atom. The predicted molar refractivity (Wildman–Crippen MR) is 122 cm³/mol. The summed E-state index contributed by atoms with van der Waals surface area (Å²) in [7, 11) is -0.422. The number of ether oxygens (including phenoxy) is 1. The molecule has 11 heteroatoms. The third-order valence-electron chi connectivity index (χ3n) is 5.50. The van der Waals surface area contributed by atoms with Crippen molar-refractivity contribution in [1.82, 2.24) is 9.29 Å². The van der Waals surface area contributed by atoms with Crippen molar-refractivity contribution in [2.75, 3.05) is 55.5 Å². The van der Waals surface area contributed by atoms with Gasteiger partial charge in [-0.25, -0.2) is 18.2 Å². The normalized spacial score (nSPS) is 17.1. The Hall–Kier alpha value is -2.21. The fourth-order valence-corrected chi connectivity index (χ4v) is 6.43. The number of hydrogen-bond acceptors (Lipinski definition) is 7. The summed E-state index contributed by atoms with van der Waals surface area (Å²) in [6, 6.07) is 7.32. The van der Waals surface area contributed by atoms with Gasteiger partial charge in [0.1, 0.15) is 0 Å². The summed E-state index contributed by atoms with van der Waals surface area (Å²) in [4.78, 5) is 20.6. The molecule has 2 fully saturated rings. The first-order valence-electron chi connectivity index (χ1n) is 10.2. The summed E-state index contributed by atoms with van der Waals surface area (Å²) in [6.45, 7) is 4.77. The third kappa shape index (κ3) is 4.69. The quantitative estimate of drug-likeness (QED) is 0.705. The summed E-state index contributed by atoms with van der Waals surface area (Å²) in [5.41, 5.74) is 2.14. The lowest BCUT2D eigenvalue weighted by atomic mass is 10.2. The number of sulfonamides is 1. The number of morpholine rings is 1. The average Bonchev–Trinajstić information content (AvgIpc) is 3.54. The van der Waals surface area contributed by atoms with Crippen molar-refractivity contribution in [3.8, 4) is 0 Å². The number of aryl methyl sites for hydroxylation is 1. The highest BCUT2D eigenvalue weighted by molar-refractivity contribution is 7.91. The fourth-order valence-electron chi connectivity index (χ4n) is 3.39. The molecule has 0 atom stereocenters. The molecule has 31 heavy (non-hydrogen) atoms. The molecule has 2 aromatic rings. The molecule has 4 rings (SSSR count). The maximum absolute atomic E-state index is 12.9. The van der Waals surface area contributed by atoms with Crippen LogP contribution in [0.15, 0.2) is 28.5 Å². The van der Waals surface area contributed by atoms with Crippen molar-refractivity contribution in [3.05, 3.63) is 30.0 Å². The zero-order valence-corrected chi connectivity index (χ0v) is 19.5. The summed E-state index contributed by atoms with van der Waals surface area (Å²) in [5.74, 6) is 0. The lowest BCUT2D eigenvalue weighted by molar-refractivity contribution is 0.122. The molecule has 1 saturated heterocycles. The Balaban J connectivity index is 1.43. The smallest absolute Gasteiger partial charge is 0.327 e. The minimum absolute atomic E-state index is 0.0661. The van der Waals surface area contributed by atoms with E-state index in [4.69, 9.17) is 4.74 Å². The number of nitrogens with one attached hydrogen (secondary N) is 1. The van der Waals surface area contributed by atoms with Gasteiger partial charge in [0.05, 0.1) is 18.9 Å². The molecule has 2 amide bonds. The zero-order valence-electron chi connectivity index (χ0n) is 17.9. The van der Waals surface area contributed by atoms with E-state index in [9.17, 15) is 13.2 Å². The number of carbonyl (C=O) groups excluding carboxylic acids is 1. The molecule has 0 bridgehead atoms. The fraction of sp³-hybridized carbons (Fsp3) is 0.500. The van der Waals surface area contributed by atoms with Crippen LogP contribution in [0.5, 0.6) is 0 Å². The molecule has 9 nitrogen and oxygen atoms in total. The number of carbonyl (C=O) groups is 1. The van der Waals surface area contributed by atoms with Crippen LogP contribution in [-0.2, 0) is 14.8 Å². The molecule has 0 spiro atoms. The largest absolute Gasteiger partial charge is 0.378 e. The zero-order chi connectivity index (χ0) is 22.2. The van der Waals surface area contributed by atoms with Crippen LogP contribution in [0.4, 0.5) is 21.3 Å². The van der Waals surface area contributed by atoms with E-state index in [1.165, 1.54) is 9.21 Å². The van der Waals surface area contributed by atoms with E-state index >= 15 is 0 Å². The molecule has 1 saturated carbocycles. The molecule has 1 aromatic carbocycles. The van der Waals surface area contributed by atoms with Crippen molar-refractivity contribution < 1.29 is 17.9 Å². The molecule has 2 aliphatic rings. The van der Waals surface area contributed by atoms with Crippen molar-refractivity contribution in [2.45, 2.75) is 30.0 Å². The minimum Gasteiger partial charge on any atom is -0.378 e. The van der Waals surface area contributed by atoms with Crippen LogP contribution in [0, 0.1) is 6.92 Å². The van der Waals surface area contributed by atoms with E-state index in [0.717, 1.165) is 43.0 Å². The summed E-state index contributed by atoms with van der Waals surface area (Å²) >= 11 is 1.01. The van der Waals surface area contributed by atoms with Crippen LogP contribution in [0.25, 0.3) is 0 Å². The van der Waals surface area contributed by atoms with E-state index in [-0.39, 0.29) is 16.3 Å². The standard InChI is InChI=1S/C20H27N5O4S2/c1-14-18(31(27,28)24(3)16-8-9-16)30-20(21-14)23(2)19(26)22-15-4-6-17(7-5-15)25-10-12-29-13-11-25/h4-7,16H,8-13H2,1-3H3,(H,22,26). The van der Waals surface area contributed by atoms with Crippen LogP contribution in [0.2, 0.25) is 0 Å². The first kappa shape index (κ1) is 22.0. The van der Waals surface area contributed by atoms with Crippen LogP contribution in [0.1, 0.15) is 18.5 Å². The highest BCUT2D eigenvalue weighted by atomic mass is 32.2. The first-order valence-corrected chi connectivity index (χ1v) is 12.5. The number of anilines is 3. The molecular formula is C20H27N5O4S2. The van der Waals surface area contributed by atoms with Gasteiger partial charge in [-0.15, -0.1) is 0 Å². The molecule has 1 aliphatic heterocycles. The summed E-state index contributed by atoms with van der Waals surface area (Å²) in [6.07, 6.45) is 1.76. The molecule has 168 valence electrons. The Morgan fingerprint density at radius 1 is 1.19 bits per heavy atom. The third-order valence-corrected chi connectivity index (χ3v) is 9.23. The number of thiazole rings is 1. The second kappa shape index (κ2) is 8.73. The van der Waals surface area contributed by atoms with Crippen LogP contribution >= 0.6 is 11.3 Å². The first-order chi connectivity index (χ1) is 14.8. The lowest BCUT2D eigenvalue weighted by Gasteiger charge is -2.29. The predicted octanol–water partition coefficient (Wildman–Crippen LogP) is 2.74. The maximum Gasteiger partial charge on any atom is 0.327 e. The second-order valence-corrected chi connectivity index (χ2v) is 10.9. The Kier molecular flexibility index (Phi) is 6.20. The number of aromatic nitrogens is 1. The maximum atomic E-state index is 12.9. The van der Waals surface area contributed by atoms with Crippen molar-refractivity contribution >= 4 is 43.9 Å². The van der Waals surface area contributed by atoms with Crippen molar-refractivity contribution in [2.24, 2.45) is 0 Å². The molecule has 0 radical (unpaired) electrons. The van der Waals surface area contributed by atoms with Gasteiger partial charge in [0, 0.05) is 44.6 Å². The van der Waals surface area contributed by atoms with E-state index in [1.54, 1.807) is 21.0 Å². The van der Waals surface area contributed by atoms with E-state index in [1.807, 2.05) is 24.3 Å². The Bertz CT molecular complexity index is 1040. The van der Waals surface area contributed by atoms with Crippen LogP contribution < -0.4 is 15.1 Å². The van der Waals surface area contributed by atoms with E-state index in [0.29, 0.717) is 29.7 Å². The van der Waals surface area contributed by atoms with Crippen LogP contribution in [0.3, 0.4) is 0 Å². The molecule has 0 unspecified atom stereocenters. The lowest BCUT2D eigenvalue weighted by Crippen LogP contribution is -2.36. The molecule has 1 N–H and O–H groups in total. The molecule has 1 aliphatic carbocycles. The Morgan fingerprint density at radius 2 is 1.84 bits per heavy atom. The molecule has 2 heterocycles. The highest BCUT2D eigenvalue weighted by Crippen LogP contribution is 2.36. The number of rotatable bonds is 6. The number of hydrogen-bond donors (Lipinski definition) is 1. The number of urea groups is 1. The van der Waals surface area contributed by atoms with Gasteiger partial charge in [0.25, 0.3) is 10.0 Å². The monoisotopic (exact) mass is 465 g/mol. The molecule has 1 aromatic heterocycles. The topological polar surface area (TPSA) is 95.1 Å². The van der Waals surface area contributed by atoms with Gasteiger partial charge in [-0.3, -0.25) is 4.90 Å². The van der Waals surface area contributed by atoms with E-state index < -0.39 is 10.0 Å². The Labute approximate surface area is 186 Å². The van der Waals surface area contributed by atoms with Crippen LogP contribution in [-0.4, -0.2) is 70.2 Å². The van der Waals surface area contributed by atoms with E-state index in [2.05, 4.69) is 15.2 Å². The summed E-state index contributed by atoms with van der Waals surface area (Å²) in [5, 5.41) is 3.18. The number of benzene rings is 1. The SMILES string of the molecule is Cc1nc(N(C)C(=O)Nc2ccc(N3CCOCC3)cc2)sc1S(=O)(=O)N(C)C1CC1. The van der Waals surface area contributed by atoms with Gasteiger partial charge in [-0.2, -0.15) is 4.31 Å². The number of nitrogens with zero attached hydrogens (tertiary/aromatic N) is 4.